The third-order valence-corrected chi connectivity index (χ3v) is 5.03. The van der Waals surface area contributed by atoms with Crippen molar-refractivity contribution in [3.8, 4) is 0 Å². The van der Waals surface area contributed by atoms with E-state index in [0.29, 0.717) is 11.1 Å². The number of amides is 1. The number of carbonyl (C=O) groups is 1. The van der Waals surface area contributed by atoms with Crippen LogP contribution in [0.5, 0.6) is 0 Å². The number of nitrogen functional groups attached to an aromatic ring is 1. The minimum absolute atomic E-state index is 0.0180. The highest BCUT2D eigenvalue weighted by Gasteiger charge is 2.22. The normalized spacial score (nSPS) is 21.4. The Labute approximate surface area is 137 Å². The van der Waals surface area contributed by atoms with Crippen LogP contribution in [-0.2, 0) is 4.79 Å². The number of nitrogens with two attached hydrogens (primary N) is 1. The van der Waals surface area contributed by atoms with Crippen molar-refractivity contribution in [2.75, 3.05) is 11.5 Å². The van der Waals surface area contributed by atoms with Crippen LogP contribution in [0.2, 0.25) is 0 Å². The number of carbonyl (C=O) groups excluding carboxylic acids is 1. The summed E-state index contributed by atoms with van der Waals surface area (Å²) in [5.41, 5.74) is 5.64. The second-order valence-corrected chi connectivity index (χ2v) is 6.88. The number of imidazole rings is 1. The van der Waals surface area contributed by atoms with Gasteiger partial charge in [-0.1, -0.05) is 31.5 Å². The van der Waals surface area contributed by atoms with Crippen molar-refractivity contribution in [1.82, 2.24) is 25.3 Å². The van der Waals surface area contributed by atoms with Crippen molar-refractivity contribution in [1.29, 1.82) is 0 Å². The van der Waals surface area contributed by atoms with Gasteiger partial charge in [0.15, 0.2) is 16.3 Å². The molecule has 0 aromatic carbocycles. The minimum atomic E-state index is -0.368. The lowest BCUT2D eigenvalue weighted by atomic mass is 9.86. The highest BCUT2D eigenvalue weighted by Crippen LogP contribution is 2.24. The molecule has 0 aliphatic heterocycles. The lowest BCUT2D eigenvalue weighted by Crippen LogP contribution is -2.41. The van der Waals surface area contributed by atoms with Gasteiger partial charge in [-0.2, -0.15) is 4.98 Å². The van der Waals surface area contributed by atoms with Crippen LogP contribution >= 0.6 is 11.8 Å². The average molecular weight is 336 g/mol. The Morgan fingerprint density at radius 3 is 2.91 bits per heavy atom. The number of thioether (sulfide) groups is 1. The predicted molar refractivity (Wildman–Crippen MR) is 89.2 cm³/mol. The molecule has 0 bridgehead atoms. The van der Waals surface area contributed by atoms with E-state index in [1.54, 1.807) is 0 Å². The van der Waals surface area contributed by atoms with E-state index in [0.717, 1.165) is 12.8 Å². The van der Waals surface area contributed by atoms with Crippen molar-refractivity contribution < 1.29 is 4.79 Å². The molecule has 2 aromatic rings. The van der Waals surface area contributed by atoms with Gasteiger partial charge in [-0.3, -0.25) is 14.6 Å². The molecule has 1 aliphatic rings. The number of nitrogens with one attached hydrogen (secondary N) is 3. The first kappa shape index (κ1) is 15.9. The number of hydrogen-bond donors (Lipinski definition) is 4. The molecule has 2 aromatic heterocycles. The molecule has 1 fully saturated rings. The number of aromatic nitrogens is 4. The fraction of sp³-hybridized carbons (Fsp3) is 0.571. The number of nitrogens with zero attached hydrogens (tertiary/aromatic N) is 2. The summed E-state index contributed by atoms with van der Waals surface area (Å²) in [5, 5.41) is 3.57. The molecule has 124 valence electrons. The first-order valence-electron chi connectivity index (χ1n) is 7.70. The van der Waals surface area contributed by atoms with Crippen LogP contribution in [0.4, 0.5) is 5.95 Å². The quantitative estimate of drug-likeness (QED) is 0.617. The van der Waals surface area contributed by atoms with Crippen LogP contribution in [0.15, 0.2) is 9.95 Å². The summed E-state index contributed by atoms with van der Waals surface area (Å²) in [6.45, 7) is 2.18. The fourth-order valence-corrected chi connectivity index (χ4v) is 3.56. The van der Waals surface area contributed by atoms with Gasteiger partial charge >= 0.3 is 0 Å². The maximum absolute atomic E-state index is 12.1. The second kappa shape index (κ2) is 6.61. The van der Waals surface area contributed by atoms with E-state index >= 15 is 0 Å². The van der Waals surface area contributed by atoms with Gasteiger partial charge in [0.1, 0.15) is 0 Å². The Morgan fingerprint density at radius 1 is 1.35 bits per heavy atom. The molecule has 0 saturated heterocycles. The first-order valence-corrected chi connectivity index (χ1v) is 8.69. The summed E-state index contributed by atoms with van der Waals surface area (Å²) < 4.78 is 0. The fourth-order valence-electron chi connectivity index (χ4n) is 2.88. The monoisotopic (exact) mass is 336 g/mol. The molecule has 5 N–H and O–H groups in total. The second-order valence-electron chi connectivity index (χ2n) is 5.92. The van der Waals surface area contributed by atoms with Crippen LogP contribution in [0.3, 0.4) is 0 Å². The standard InChI is InChI=1S/C14H20N6O2S/c1-7-4-2-3-5-8(7)16-9(21)6-23-14-17-10-11(19-14)18-13(15)20-12(10)22/h7-8H,2-6H2,1H3,(H,16,21)(H4,15,17,18,19,20,22)/t7-,8-/m1/s1. The summed E-state index contributed by atoms with van der Waals surface area (Å²) in [6.07, 6.45) is 4.62. The van der Waals surface area contributed by atoms with Crippen molar-refractivity contribution in [3.05, 3.63) is 10.4 Å². The zero-order valence-electron chi connectivity index (χ0n) is 12.9. The zero-order valence-corrected chi connectivity index (χ0v) is 13.7. The average Bonchev–Trinajstić information content (AvgIpc) is 2.91. The highest BCUT2D eigenvalue weighted by molar-refractivity contribution is 7.99. The van der Waals surface area contributed by atoms with E-state index in [-0.39, 0.29) is 40.4 Å². The molecule has 1 aliphatic carbocycles. The number of rotatable bonds is 4. The van der Waals surface area contributed by atoms with Crippen LogP contribution < -0.4 is 16.6 Å². The molecular formula is C14H20N6O2S. The first-order chi connectivity index (χ1) is 11.0. The minimum Gasteiger partial charge on any atom is -0.369 e. The van der Waals surface area contributed by atoms with Gasteiger partial charge in [-0.25, -0.2) is 4.98 Å². The number of hydrogen-bond acceptors (Lipinski definition) is 6. The molecule has 1 saturated carbocycles. The van der Waals surface area contributed by atoms with Crippen molar-refractivity contribution in [2.45, 2.75) is 43.8 Å². The van der Waals surface area contributed by atoms with E-state index in [9.17, 15) is 9.59 Å². The predicted octanol–water partition coefficient (Wildman–Crippen LogP) is 1.02. The molecule has 2 heterocycles. The van der Waals surface area contributed by atoms with Crippen LogP contribution in [-0.4, -0.2) is 37.6 Å². The summed E-state index contributed by atoms with van der Waals surface area (Å²) in [7, 11) is 0. The van der Waals surface area contributed by atoms with E-state index in [1.165, 1.54) is 24.6 Å². The van der Waals surface area contributed by atoms with Gasteiger partial charge in [0.05, 0.1) is 5.75 Å². The molecule has 0 radical (unpaired) electrons. The topological polar surface area (TPSA) is 130 Å². The zero-order chi connectivity index (χ0) is 16.4. The molecular weight excluding hydrogens is 316 g/mol. The summed E-state index contributed by atoms with van der Waals surface area (Å²) in [6, 6.07) is 0.261. The SMILES string of the molecule is C[C@@H]1CCCC[C@H]1NC(=O)CSc1nc2nc(N)[nH]c(=O)c2[nH]1. The Balaban J connectivity index is 1.60. The van der Waals surface area contributed by atoms with Crippen LogP contribution in [0.1, 0.15) is 32.6 Å². The lowest BCUT2D eigenvalue weighted by Gasteiger charge is -2.29. The third kappa shape index (κ3) is 3.66. The van der Waals surface area contributed by atoms with E-state index in [4.69, 9.17) is 5.73 Å². The Hall–Kier alpha value is -2.03. The highest BCUT2D eigenvalue weighted by atomic mass is 32.2. The summed E-state index contributed by atoms with van der Waals surface area (Å²) in [5.74, 6) is 0.774. The smallest absolute Gasteiger partial charge is 0.278 e. The van der Waals surface area contributed by atoms with Gasteiger partial charge < -0.3 is 16.0 Å². The van der Waals surface area contributed by atoms with Gasteiger partial charge in [-0.15, -0.1) is 0 Å². The van der Waals surface area contributed by atoms with Crippen LogP contribution in [0.25, 0.3) is 11.2 Å². The molecule has 0 spiro atoms. The van der Waals surface area contributed by atoms with Gasteiger partial charge in [0.2, 0.25) is 11.9 Å². The molecule has 23 heavy (non-hydrogen) atoms. The van der Waals surface area contributed by atoms with Crippen molar-refractivity contribution in [2.24, 2.45) is 5.92 Å². The maximum atomic E-state index is 12.1. The van der Waals surface area contributed by atoms with Gasteiger partial charge in [-0.05, 0) is 18.8 Å². The Bertz CT molecular complexity index is 770. The Kier molecular flexibility index (Phi) is 4.56. The molecule has 3 rings (SSSR count). The number of anilines is 1. The summed E-state index contributed by atoms with van der Waals surface area (Å²) in [4.78, 5) is 37.2. The summed E-state index contributed by atoms with van der Waals surface area (Å²) >= 11 is 1.25. The molecule has 0 unspecified atom stereocenters. The van der Waals surface area contributed by atoms with Gasteiger partial charge in [0.25, 0.3) is 5.56 Å². The van der Waals surface area contributed by atoms with E-state index in [1.807, 2.05) is 0 Å². The number of fused-ring (bicyclic) bond motifs is 1. The molecule has 8 nitrogen and oxygen atoms in total. The molecule has 9 heteroatoms. The third-order valence-electron chi connectivity index (χ3n) is 4.16. The van der Waals surface area contributed by atoms with Gasteiger partial charge in [0, 0.05) is 6.04 Å². The van der Waals surface area contributed by atoms with E-state index < -0.39 is 0 Å². The lowest BCUT2D eigenvalue weighted by molar-refractivity contribution is -0.119. The largest absolute Gasteiger partial charge is 0.369 e. The number of H-pyrrole nitrogens is 2. The van der Waals surface area contributed by atoms with Crippen molar-refractivity contribution >= 4 is 34.8 Å². The number of aromatic amines is 2. The molecule has 2 atom stereocenters. The maximum Gasteiger partial charge on any atom is 0.278 e. The van der Waals surface area contributed by atoms with E-state index in [2.05, 4.69) is 32.2 Å². The van der Waals surface area contributed by atoms with Crippen LogP contribution in [0, 0.1) is 5.92 Å². The van der Waals surface area contributed by atoms with Crippen molar-refractivity contribution in [3.63, 3.8) is 0 Å². The molecule has 1 amide bonds. The Morgan fingerprint density at radius 2 is 2.13 bits per heavy atom.